The monoisotopic (exact) mass is 467 g/mol. The minimum Gasteiger partial charge on any atom is -0.322 e. The first-order valence-electron chi connectivity index (χ1n) is 9.77. The van der Waals surface area contributed by atoms with Gasteiger partial charge in [0.05, 0.1) is 9.82 Å². The van der Waals surface area contributed by atoms with Crippen LogP contribution in [0.2, 0.25) is 5.02 Å². The Morgan fingerprint density at radius 2 is 1.61 bits per heavy atom. The van der Waals surface area contributed by atoms with Gasteiger partial charge < -0.3 is 5.32 Å². The lowest BCUT2D eigenvalue weighted by molar-refractivity contribution is -0.385. The third kappa shape index (κ3) is 6.49. The van der Waals surface area contributed by atoms with E-state index in [4.69, 9.17) is 11.6 Å². The van der Waals surface area contributed by atoms with Crippen molar-refractivity contribution in [2.75, 3.05) is 18.4 Å². The standard InChI is InChI=1S/C21H26ClN3O5S/c1-14(2)12-24(13-15(3)4)31(29,30)18-8-6-17(7-9-18)23-21(26)19-10-5-16(22)11-20(19)25(27)28/h5-11,14-15H,12-13H2,1-4H3,(H,23,26). The Kier molecular flexibility index (Phi) is 8.16. The molecular formula is C21H26ClN3O5S. The van der Waals surface area contributed by atoms with Crippen LogP contribution in [0.5, 0.6) is 0 Å². The lowest BCUT2D eigenvalue weighted by Gasteiger charge is -2.25. The molecule has 2 aromatic rings. The van der Waals surface area contributed by atoms with Gasteiger partial charge in [0.1, 0.15) is 5.56 Å². The molecule has 0 saturated carbocycles. The maximum absolute atomic E-state index is 13.1. The summed E-state index contributed by atoms with van der Waals surface area (Å²) in [5.74, 6) is -0.357. The quantitative estimate of drug-likeness (QED) is 0.420. The Bertz CT molecular complexity index is 1040. The number of nitrogens with zero attached hydrogens (tertiary/aromatic N) is 2. The van der Waals surface area contributed by atoms with Crippen molar-refractivity contribution in [1.82, 2.24) is 4.31 Å². The average Bonchev–Trinajstić information content (AvgIpc) is 2.67. The van der Waals surface area contributed by atoms with Crippen LogP contribution in [0.15, 0.2) is 47.4 Å². The highest BCUT2D eigenvalue weighted by Gasteiger charge is 2.26. The number of rotatable bonds is 9. The Balaban J connectivity index is 2.25. The zero-order chi connectivity index (χ0) is 23.3. The molecule has 2 aromatic carbocycles. The number of carbonyl (C=O) groups is 1. The van der Waals surface area contributed by atoms with Crippen LogP contribution >= 0.6 is 11.6 Å². The zero-order valence-electron chi connectivity index (χ0n) is 17.8. The van der Waals surface area contributed by atoms with Crippen LogP contribution in [0.3, 0.4) is 0 Å². The number of sulfonamides is 1. The molecule has 0 aliphatic carbocycles. The third-order valence-corrected chi connectivity index (χ3v) is 6.37. The summed E-state index contributed by atoms with van der Waals surface area (Å²) in [7, 11) is -3.69. The molecule has 31 heavy (non-hydrogen) atoms. The summed E-state index contributed by atoms with van der Waals surface area (Å²) < 4.78 is 27.6. The third-order valence-electron chi connectivity index (χ3n) is 4.29. The summed E-state index contributed by atoms with van der Waals surface area (Å²) in [5, 5.41) is 13.9. The first-order valence-corrected chi connectivity index (χ1v) is 11.6. The highest BCUT2D eigenvalue weighted by molar-refractivity contribution is 7.89. The number of carbonyl (C=O) groups excluding carboxylic acids is 1. The Morgan fingerprint density at radius 3 is 2.10 bits per heavy atom. The number of amides is 1. The molecule has 0 radical (unpaired) electrons. The summed E-state index contributed by atoms with van der Waals surface area (Å²) in [6.45, 7) is 8.63. The van der Waals surface area contributed by atoms with Crippen molar-refractivity contribution in [3.63, 3.8) is 0 Å². The van der Waals surface area contributed by atoms with Crippen LogP contribution in [-0.2, 0) is 10.0 Å². The predicted octanol–water partition coefficient (Wildman–Crippen LogP) is 4.80. The summed E-state index contributed by atoms with van der Waals surface area (Å²) in [5.41, 5.74) is -0.249. The van der Waals surface area contributed by atoms with Crippen LogP contribution in [0.4, 0.5) is 11.4 Å². The van der Waals surface area contributed by atoms with Gasteiger partial charge >= 0.3 is 0 Å². The van der Waals surface area contributed by atoms with Crippen molar-refractivity contribution in [3.05, 3.63) is 63.2 Å². The number of benzene rings is 2. The highest BCUT2D eigenvalue weighted by Crippen LogP contribution is 2.25. The maximum Gasteiger partial charge on any atom is 0.283 e. The minimum atomic E-state index is -3.69. The van der Waals surface area contributed by atoms with Gasteiger partial charge in [-0.25, -0.2) is 8.42 Å². The fourth-order valence-electron chi connectivity index (χ4n) is 2.99. The van der Waals surface area contributed by atoms with Gasteiger partial charge in [0.25, 0.3) is 11.6 Å². The second-order valence-electron chi connectivity index (χ2n) is 8.01. The van der Waals surface area contributed by atoms with E-state index >= 15 is 0 Å². The SMILES string of the molecule is CC(C)CN(CC(C)C)S(=O)(=O)c1ccc(NC(=O)c2ccc(Cl)cc2[N+](=O)[O-])cc1. The van der Waals surface area contributed by atoms with Gasteiger partial charge in [0, 0.05) is 29.9 Å². The van der Waals surface area contributed by atoms with Gasteiger partial charge in [-0.2, -0.15) is 4.31 Å². The second-order valence-corrected chi connectivity index (χ2v) is 10.4. The topological polar surface area (TPSA) is 110 Å². The first kappa shape index (κ1) is 24.8. The maximum atomic E-state index is 13.1. The fraction of sp³-hybridized carbons (Fsp3) is 0.381. The number of halogens is 1. The van der Waals surface area contributed by atoms with E-state index in [9.17, 15) is 23.3 Å². The van der Waals surface area contributed by atoms with Crippen LogP contribution in [0.1, 0.15) is 38.1 Å². The number of hydrogen-bond acceptors (Lipinski definition) is 5. The van der Waals surface area contributed by atoms with Gasteiger partial charge in [0.15, 0.2) is 0 Å². The van der Waals surface area contributed by atoms with Gasteiger partial charge in [-0.05, 0) is 48.2 Å². The lowest BCUT2D eigenvalue weighted by Crippen LogP contribution is -2.37. The Labute approximate surface area is 187 Å². The molecule has 8 nitrogen and oxygen atoms in total. The number of nitrogens with one attached hydrogen (secondary N) is 1. The summed E-state index contributed by atoms with van der Waals surface area (Å²) in [4.78, 5) is 23.1. The van der Waals surface area contributed by atoms with E-state index in [1.54, 1.807) is 0 Å². The van der Waals surface area contributed by atoms with E-state index in [2.05, 4.69) is 5.32 Å². The van der Waals surface area contributed by atoms with Crippen molar-refractivity contribution in [3.8, 4) is 0 Å². The van der Waals surface area contributed by atoms with Crippen LogP contribution in [-0.4, -0.2) is 36.6 Å². The Hall–Kier alpha value is -2.49. The second kappa shape index (κ2) is 10.2. The van der Waals surface area contributed by atoms with E-state index in [-0.39, 0.29) is 27.3 Å². The molecule has 1 amide bonds. The molecule has 0 atom stereocenters. The molecule has 0 heterocycles. The van der Waals surface area contributed by atoms with Crippen LogP contribution < -0.4 is 5.32 Å². The van der Waals surface area contributed by atoms with Gasteiger partial charge in [-0.1, -0.05) is 39.3 Å². The zero-order valence-corrected chi connectivity index (χ0v) is 19.4. The average molecular weight is 468 g/mol. The normalized spacial score (nSPS) is 11.9. The number of anilines is 1. The molecule has 0 spiro atoms. The molecule has 0 aromatic heterocycles. The molecular weight excluding hydrogens is 442 g/mol. The van der Waals surface area contributed by atoms with E-state index < -0.39 is 26.5 Å². The molecule has 0 aliphatic heterocycles. The number of nitro groups is 1. The molecule has 168 valence electrons. The van der Waals surface area contributed by atoms with Crippen molar-refractivity contribution < 1.29 is 18.1 Å². The van der Waals surface area contributed by atoms with E-state index in [1.165, 1.54) is 40.7 Å². The predicted molar refractivity (Wildman–Crippen MR) is 121 cm³/mol. The molecule has 1 N–H and O–H groups in total. The smallest absolute Gasteiger partial charge is 0.283 e. The molecule has 0 unspecified atom stereocenters. The van der Waals surface area contributed by atoms with Crippen molar-refractivity contribution in [2.24, 2.45) is 11.8 Å². The van der Waals surface area contributed by atoms with Gasteiger partial charge in [0.2, 0.25) is 10.0 Å². The highest BCUT2D eigenvalue weighted by atomic mass is 35.5. The van der Waals surface area contributed by atoms with Crippen LogP contribution in [0, 0.1) is 22.0 Å². The Morgan fingerprint density at radius 1 is 1.06 bits per heavy atom. The summed E-state index contributed by atoms with van der Waals surface area (Å²) in [6.07, 6.45) is 0. The van der Waals surface area contributed by atoms with E-state index in [1.807, 2.05) is 27.7 Å². The van der Waals surface area contributed by atoms with Gasteiger partial charge in [-0.3, -0.25) is 14.9 Å². The molecule has 0 aliphatic rings. The first-order chi connectivity index (χ1) is 14.4. The summed E-state index contributed by atoms with van der Waals surface area (Å²) in [6, 6.07) is 9.49. The van der Waals surface area contributed by atoms with Crippen LogP contribution in [0.25, 0.3) is 0 Å². The van der Waals surface area contributed by atoms with Crippen molar-refractivity contribution in [1.29, 1.82) is 0 Å². The van der Waals surface area contributed by atoms with E-state index in [0.717, 1.165) is 6.07 Å². The van der Waals surface area contributed by atoms with Gasteiger partial charge in [-0.15, -0.1) is 0 Å². The number of nitro benzene ring substituents is 1. The minimum absolute atomic E-state index is 0.115. The van der Waals surface area contributed by atoms with Crippen molar-refractivity contribution >= 4 is 38.9 Å². The molecule has 0 saturated heterocycles. The van der Waals surface area contributed by atoms with E-state index in [0.29, 0.717) is 18.8 Å². The molecule has 0 bridgehead atoms. The molecule has 10 heteroatoms. The fourth-order valence-corrected chi connectivity index (χ4v) is 4.92. The molecule has 2 rings (SSSR count). The molecule has 0 fully saturated rings. The van der Waals surface area contributed by atoms with Crippen molar-refractivity contribution in [2.45, 2.75) is 32.6 Å². The summed E-state index contributed by atoms with van der Waals surface area (Å²) >= 11 is 5.78. The number of hydrogen-bond donors (Lipinski definition) is 1. The largest absolute Gasteiger partial charge is 0.322 e. The lowest BCUT2D eigenvalue weighted by atomic mass is 10.1.